The molecule has 4 heterocycles. The lowest BCUT2D eigenvalue weighted by atomic mass is 9.96. The van der Waals surface area contributed by atoms with Crippen LogP contribution in [-0.4, -0.2) is 105 Å². The average molecular weight is 651 g/mol. The molecule has 10 nitrogen and oxygen atoms in total. The Hall–Kier alpha value is -3.90. The maximum atomic E-state index is 15.5. The van der Waals surface area contributed by atoms with Crippen molar-refractivity contribution >= 4 is 34.9 Å². The van der Waals surface area contributed by atoms with Crippen LogP contribution in [0.3, 0.4) is 0 Å². The van der Waals surface area contributed by atoms with E-state index in [9.17, 15) is 14.7 Å². The van der Waals surface area contributed by atoms with Crippen molar-refractivity contribution in [2.75, 3.05) is 82.2 Å². The number of amides is 1. The summed E-state index contributed by atoms with van der Waals surface area (Å²) in [4.78, 5) is 33.9. The number of carboxylic acids is 1. The van der Waals surface area contributed by atoms with Gasteiger partial charge in [0.1, 0.15) is 11.6 Å². The summed E-state index contributed by atoms with van der Waals surface area (Å²) < 4.78 is 32.5. The highest BCUT2D eigenvalue weighted by Crippen LogP contribution is 2.41. The number of aromatic carboxylic acids is 1. The summed E-state index contributed by atoms with van der Waals surface area (Å²) in [6.07, 6.45) is 0. The van der Waals surface area contributed by atoms with E-state index in [4.69, 9.17) is 25.8 Å². The molecule has 1 N–H and O–H groups in total. The summed E-state index contributed by atoms with van der Waals surface area (Å²) in [5.74, 6) is -1.66. The van der Waals surface area contributed by atoms with Gasteiger partial charge in [-0.2, -0.15) is 0 Å². The highest BCUT2D eigenvalue weighted by Gasteiger charge is 2.40. The molecule has 242 valence electrons. The zero-order valence-corrected chi connectivity index (χ0v) is 26.4. The summed E-state index contributed by atoms with van der Waals surface area (Å²) >= 11 is 6.70. The SMILES string of the molecule is CC1(N2CCN(c3ccc(C(=O)N4COc5c(cccc5-c5cc(N6CCOCC6)c(C(=O)O)cc5F)C4)c(Cl)c3)CC2)COC1. The molecule has 1 amide bonds. The van der Waals surface area contributed by atoms with Crippen LogP contribution in [0, 0.1) is 5.82 Å². The predicted molar refractivity (Wildman–Crippen MR) is 172 cm³/mol. The van der Waals surface area contributed by atoms with Crippen molar-refractivity contribution in [2.45, 2.75) is 19.0 Å². The fourth-order valence-corrected chi connectivity index (χ4v) is 7.01. The Morgan fingerprint density at radius 1 is 0.891 bits per heavy atom. The molecular weight excluding hydrogens is 615 g/mol. The van der Waals surface area contributed by atoms with Gasteiger partial charge in [0.25, 0.3) is 5.91 Å². The molecular formula is C34H36ClFN4O6. The average Bonchev–Trinajstić information content (AvgIpc) is 3.06. The maximum Gasteiger partial charge on any atom is 0.337 e. The number of morpholine rings is 1. The Morgan fingerprint density at radius 3 is 2.33 bits per heavy atom. The number of fused-ring (bicyclic) bond motifs is 1. The molecule has 0 aliphatic carbocycles. The fraction of sp³-hybridized carbons (Fsp3) is 0.412. The number of carbonyl (C=O) groups excluding carboxylic acids is 1. The van der Waals surface area contributed by atoms with E-state index in [1.807, 2.05) is 23.1 Å². The normalized spacial score (nSPS) is 19.7. The lowest BCUT2D eigenvalue weighted by molar-refractivity contribution is -0.131. The van der Waals surface area contributed by atoms with Crippen LogP contribution in [0.25, 0.3) is 11.1 Å². The number of hydrogen-bond donors (Lipinski definition) is 1. The Balaban J connectivity index is 1.08. The number of hydrogen-bond acceptors (Lipinski definition) is 8. The molecule has 0 saturated carbocycles. The van der Waals surface area contributed by atoms with Crippen LogP contribution in [-0.2, 0) is 16.0 Å². The third-order valence-electron chi connectivity index (χ3n) is 9.48. The van der Waals surface area contributed by atoms with Gasteiger partial charge in [-0.3, -0.25) is 9.69 Å². The van der Waals surface area contributed by atoms with Crippen LogP contribution in [0.15, 0.2) is 48.5 Å². The van der Waals surface area contributed by atoms with Gasteiger partial charge in [0.2, 0.25) is 0 Å². The molecule has 0 radical (unpaired) electrons. The highest BCUT2D eigenvalue weighted by atomic mass is 35.5. The van der Waals surface area contributed by atoms with Gasteiger partial charge in [0.15, 0.2) is 6.73 Å². The van der Waals surface area contributed by atoms with E-state index < -0.39 is 11.8 Å². The van der Waals surface area contributed by atoms with Crippen molar-refractivity contribution in [1.29, 1.82) is 0 Å². The number of piperazine rings is 1. The minimum absolute atomic E-state index is 0.0451. The fourth-order valence-electron chi connectivity index (χ4n) is 6.75. The summed E-state index contributed by atoms with van der Waals surface area (Å²) in [6.45, 7) is 9.51. The van der Waals surface area contributed by atoms with Gasteiger partial charge in [0.05, 0.1) is 60.3 Å². The van der Waals surface area contributed by atoms with Crippen LogP contribution in [0.2, 0.25) is 5.02 Å². The number of nitrogens with zero attached hydrogens (tertiary/aromatic N) is 4. The molecule has 0 bridgehead atoms. The second-order valence-electron chi connectivity index (χ2n) is 12.5. The smallest absolute Gasteiger partial charge is 0.337 e. The molecule has 3 saturated heterocycles. The number of halogens is 2. The van der Waals surface area contributed by atoms with Crippen molar-refractivity contribution in [3.63, 3.8) is 0 Å². The number of anilines is 2. The second-order valence-corrected chi connectivity index (χ2v) is 12.9. The van der Waals surface area contributed by atoms with Gasteiger partial charge >= 0.3 is 5.97 Å². The van der Waals surface area contributed by atoms with Gasteiger partial charge in [-0.1, -0.05) is 29.8 Å². The van der Waals surface area contributed by atoms with Gasteiger partial charge < -0.3 is 34.0 Å². The van der Waals surface area contributed by atoms with E-state index in [1.165, 1.54) is 0 Å². The van der Waals surface area contributed by atoms with Crippen LogP contribution in [0.4, 0.5) is 15.8 Å². The molecule has 4 aliphatic rings. The zero-order valence-electron chi connectivity index (χ0n) is 25.6. The molecule has 0 aromatic heterocycles. The summed E-state index contributed by atoms with van der Waals surface area (Å²) in [5, 5.41) is 10.2. The molecule has 7 rings (SSSR count). The number of carboxylic acid groups (broad SMARTS) is 1. The number of carbonyl (C=O) groups is 2. The van der Waals surface area contributed by atoms with E-state index in [0.717, 1.165) is 51.1 Å². The van der Waals surface area contributed by atoms with Gasteiger partial charge in [-0.25, -0.2) is 9.18 Å². The Morgan fingerprint density at radius 2 is 1.65 bits per heavy atom. The monoisotopic (exact) mass is 650 g/mol. The third kappa shape index (κ3) is 5.66. The standard InChI is InChI=1S/C34H36ClFN4O6/c1-34(19-45-20-34)40-9-7-37(8-10-40)23-5-6-25(28(35)15-23)32(41)39-18-22-3-2-4-24(31(22)46-21-39)26-17-30(38-11-13-44-14-12-38)27(33(42)43)16-29(26)36/h2-6,15-17H,7-14,18-21H2,1H3,(H,42,43). The van der Waals surface area contributed by atoms with Gasteiger partial charge in [-0.15, -0.1) is 0 Å². The largest absolute Gasteiger partial charge is 0.478 e. The number of para-hydroxylation sites is 1. The molecule has 4 aliphatic heterocycles. The topological polar surface area (TPSA) is 95.0 Å². The number of rotatable bonds is 6. The van der Waals surface area contributed by atoms with Crippen LogP contribution >= 0.6 is 11.6 Å². The van der Waals surface area contributed by atoms with Crippen molar-refractivity contribution < 1.29 is 33.3 Å². The van der Waals surface area contributed by atoms with Crippen LogP contribution in [0.5, 0.6) is 5.75 Å². The maximum absolute atomic E-state index is 15.5. The van der Waals surface area contributed by atoms with Crippen molar-refractivity contribution in [2.24, 2.45) is 0 Å². The summed E-state index contributed by atoms with van der Waals surface area (Å²) in [6, 6.07) is 13.6. The Kier molecular flexibility index (Phi) is 8.26. The van der Waals surface area contributed by atoms with E-state index in [-0.39, 0.29) is 35.8 Å². The van der Waals surface area contributed by atoms with Crippen molar-refractivity contribution in [3.05, 3.63) is 76.1 Å². The lowest BCUT2D eigenvalue weighted by Crippen LogP contribution is -2.64. The molecule has 0 unspecified atom stereocenters. The Labute approximate surface area is 271 Å². The zero-order chi connectivity index (χ0) is 32.0. The van der Waals surface area contributed by atoms with E-state index in [2.05, 4.69) is 16.7 Å². The second kappa shape index (κ2) is 12.4. The molecule has 3 aromatic rings. The van der Waals surface area contributed by atoms with Gasteiger partial charge in [0, 0.05) is 61.6 Å². The molecule has 0 atom stereocenters. The molecule has 3 fully saturated rings. The number of benzene rings is 3. The first-order valence-corrected chi connectivity index (χ1v) is 15.9. The third-order valence-corrected chi connectivity index (χ3v) is 9.80. The minimum Gasteiger partial charge on any atom is -0.478 e. The number of ether oxygens (including phenoxy) is 3. The first-order valence-electron chi connectivity index (χ1n) is 15.5. The highest BCUT2D eigenvalue weighted by molar-refractivity contribution is 6.34. The van der Waals surface area contributed by atoms with Crippen molar-refractivity contribution in [3.8, 4) is 16.9 Å². The molecule has 46 heavy (non-hydrogen) atoms. The predicted octanol–water partition coefficient (Wildman–Crippen LogP) is 4.58. The first-order chi connectivity index (χ1) is 22.2. The lowest BCUT2D eigenvalue weighted by Gasteiger charge is -2.50. The quantitative estimate of drug-likeness (QED) is 0.411. The molecule has 3 aromatic carbocycles. The molecule has 12 heteroatoms. The Bertz CT molecular complexity index is 1670. The molecule has 0 spiro atoms. The first kappa shape index (κ1) is 30.7. The summed E-state index contributed by atoms with van der Waals surface area (Å²) in [5.41, 5.74) is 3.26. The van der Waals surface area contributed by atoms with E-state index in [0.29, 0.717) is 59.5 Å². The van der Waals surface area contributed by atoms with Crippen LogP contribution in [0.1, 0.15) is 33.2 Å². The van der Waals surface area contributed by atoms with Gasteiger partial charge in [-0.05, 0) is 37.3 Å². The summed E-state index contributed by atoms with van der Waals surface area (Å²) in [7, 11) is 0. The van der Waals surface area contributed by atoms with Crippen LogP contribution < -0.4 is 14.5 Å². The van der Waals surface area contributed by atoms with E-state index in [1.54, 1.807) is 29.2 Å². The van der Waals surface area contributed by atoms with E-state index >= 15 is 4.39 Å². The van der Waals surface area contributed by atoms with Crippen molar-refractivity contribution in [1.82, 2.24) is 9.80 Å². The minimum atomic E-state index is -1.20.